The Bertz CT molecular complexity index is 609. The van der Waals surface area contributed by atoms with Gasteiger partial charge in [-0.15, -0.1) is 10.2 Å². The fraction of sp³-hybridized carbons (Fsp3) is 0.429. The Hall–Kier alpha value is -2.08. The number of fused-ring (bicyclic) bond motifs is 1. The summed E-state index contributed by atoms with van der Waals surface area (Å²) in [5.41, 5.74) is 1.82. The largest absolute Gasteiger partial charge is 0.496 e. The number of rotatable bonds is 3. The summed E-state index contributed by atoms with van der Waals surface area (Å²) in [6.07, 6.45) is 1.18. The van der Waals surface area contributed by atoms with E-state index in [4.69, 9.17) is 4.74 Å². The van der Waals surface area contributed by atoms with Crippen LogP contribution in [0.15, 0.2) is 24.5 Å². The molecule has 0 saturated carbocycles. The van der Waals surface area contributed by atoms with Crippen LogP contribution in [0, 0.1) is 0 Å². The van der Waals surface area contributed by atoms with E-state index < -0.39 is 6.10 Å². The highest BCUT2D eigenvalue weighted by Crippen LogP contribution is 2.35. The molecule has 0 saturated heterocycles. The van der Waals surface area contributed by atoms with Gasteiger partial charge in [-0.1, -0.05) is 6.07 Å². The molecule has 0 fully saturated rings. The van der Waals surface area contributed by atoms with Crippen LogP contribution in [0.1, 0.15) is 24.4 Å². The SMILES string of the molecule is COc1cccc(N2CCn3cnnc3C2)c1C(C)O. The lowest BCUT2D eigenvalue weighted by Gasteiger charge is -2.31. The number of aromatic nitrogens is 3. The Morgan fingerprint density at radius 2 is 2.20 bits per heavy atom. The summed E-state index contributed by atoms with van der Waals surface area (Å²) in [4.78, 5) is 2.20. The van der Waals surface area contributed by atoms with Crippen LogP contribution in [0.2, 0.25) is 0 Å². The van der Waals surface area contributed by atoms with Crippen LogP contribution in [0.25, 0.3) is 0 Å². The van der Waals surface area contributed by atoms with Crippen molar-refractivity contribution < 1.29 is 9.84 Å². The standard InChI is InChI=1S/C14H18N4O2/c1-10(19)14-11(4-3-5-12(14)20-2)17-6-7-18-9-15-16-13(18)8-17/h3-5,9-10,19H,6-8H2,1-2H3. The maximum atomic E-state index is 10.1. The number of ether oxygens (including phenoxy) is 1. The lowest BCUT2D eigenvalue weighted by atomic mass is 10.1. The van der Waals surface area contributed by atoms with Crippen molar-refractivity contribution in [2.45, 2.75) is 26.1 Å². The van der Waals surface area contributed by atoms with Crippen molar-refractivity contribution in [3.63, 3.8) is 0 Å². The molecule has 1 unspecified atom stereocenters. The third-order valence-electron chi connectivity index (χ3n) is 3.66. The van der Waals surface area contributed by atoms with E-state index in [2.05, 4.69) is 19.7 Å². The molecule has 0 amide bonds. The summed E-state index contributed by atoms with van der Waals surface area (Å²) in [7, 11) is 1.62. The maximum Gasteiger partial charge on any atom is 0.152 e. The minimum atomic E-state index is -0.582. The maximum absolute atomic E-state index is 10.1. The molecule has 3 rings (SSSR count). The second-order valence-corrected chi connectivity index (χ2v) is 4.93. The molecule has 2 heterocycles. The number of hydrogen-bond donors (Lipinski definition) is 1. The van der Waals surface area contributed by atoms with Crippen LogP contribution >= 0.6 is 0 Å². The molecule has 1 N–H and O–H groups in total. The van der Waals surface area contributed by atoms with Crippen LogP contribution in [-0.2, 0) is 13.1 Å². The van der Waals surface area contributed by atoms with E-state index in [1.54, 1.807) is 20.4 Å². The molecule has 0 spiro atoms. The molecule has 1 aromatic heterocycles. The average Bonchev–Trinajstić information content (AvgIpc) is 2.93. The fourth-order valence-corrected chi connectivity index (χ4v) is 2.68. The Balaban J connectivity index is 1.99. The Labute approximate surface area is 117 Å². The van der Waals surface area contributed by atoms with Gasteiger partial charge in [0.1, 0.15) is 12.1 Å². The molecule has 1 atom stereocenters. The van der Waals surface area contributed by atoms with E-state index in [0.29, 0.717) is 12.3 Å². The Morgan fingerprint density at radius 3 is 2.95 bits per heavy atom. The fourth-order valence-electron chi connectivity index (χ4n) is 2.68. The number of methoxy groups -OCH3 is 1. The molecule has 106 valence electrons. The third kappa shape index (κ3) is 2.12. The van der Waals surface area contributed by atoms with Gasteiger partial charge in [0.25, 0.3) is 0 Å². The highest BCUT2D eigenvalue weighted by atomic mass is 16.5. The highest BCUT2D eigenvalue weighted by Gasteiger charge is 2.23. The number of aliphatic hydroxyl groups is 1. The molecular formula is C14H18N4O2. The molecule has 1 aliphatic rings. The zero-order valence-electron chi connectivity index (χ0n) is 11.7. The first kappa shape index (κ1) is 12.9. The predicted octanol–water partition coefficient (Wildman–Crippen LogP) is 1.36. The van der Waals surface area contributed by atoms with Crippen molar-refractivity contribution in [3.8, 4) is 5.75 Å². The molecule has 20 heavy (non-hydrogen) atoms. The Kier molecular flexibility index (Phi) is 3.31. The number of benzene rings is 1. The van der Waals surface area contributed by atoms with Gasteiger partial charge in [-0.25, -0.2) is 0 Å². The summed E-state index contributed by atoms with van der Waals surface area (Å²) in [6.45, 7) is 4.15. The molecule has 1 aliphatic heterocycles. The molecular weight excluding hydrogens is 256 g/mol. The lowest BCUT2D eigenvalue weighted by molar-refractivity contribution is 0.194. The molecule has 1 aromatic carbocycles. The second-order valence-electron chi connectivity index (χ2n) is 4.93. The molecule has 2 aromatic rings. The summed E-state index contributed by atoms with van der Waals surface area (Å²) < 4.78 is 7.43. The van der Waals surface area contributed by atoms with E-state index in [1.165, 1.54) is 0 Å². The van der Waals surface area contributed by atoms with Crippen molar-refractivity contribution >= 4 is 5.69 Å². The van der Waals surface area contributed by atoms with Gasteiger partial charge in [0.2, 0.25) is 0 Å². The summed E-state index contributed by atoms with van der Waals surface area (Å²) in [5, 5.41) is 18.1. The van der Waals surface area contributed by atoms with Crippen LogP contribution in [0.4, 0.5) is 5.69 Å². The minimum Gasteiger partial charge on any atom is -0.496 e. The second kappa shape index (κ2) is 5.13. The van der Waals surface area contributed by atoms with Gasteiger partial charge in [-0.3, -0.25) is 0 Å². The average molecular weight is 274 g/mol. The first-order valence-electron chi connectivity index (χ1n) is 6.67. The quantitative estimate of drug-likeness (QED) is 0.915. The smallest absolute Gasteiger partial charge is 0.152 e. The number of aliphatic hydroxyl groups excluding tert-OH is 1. The van der Waals surface area contributed by atoms with Crippen molar-refractivity contribution in [1.29, 1.82) is 0 Å². The normalized spacial score (nSPS) is 15.8. The van der Waals surface area contributed by atoms with Crippen LogP contribution in [0.5, 0.6) is 5.75 Å². The highest BCUT2D eigenvalue weighted by molar-refractivity contribution is 5.60. The molecule has 6 heteroatoms. The van der Waals surface area contributed by atoms with Gasteiger partial charge in [0.05, 0.1) is 19.8 Å². The van der Waals surface area contributed by atoms with Gasteiger partial charge in [-0.2, -0.15) is 0 Å². The summed E-state index contributed by atoms with van der Waals surface area (Å²) in [6, 6.07) is 5.83. The first-order chi connectivity index (χ1) is 9.70. The van der Waals surface area contributed by atoms with E-state index in [-0.39, 0.29) is 0 Å². The van der Waals surface area contributed by atoms with E-state index >= 15 is 0 Å². The molecule has 0 aliphatic carbocycles. The van der Waals surface area contributed by atoms with Crippen molar-refractivity contribution in [2.24, 2.45) is 0 Å². The lowest BCUT2D eigenvalue weighted by Crippen LogP contribution is -2.34. The predicted molar refractivity (Wildman–Crippen MR) is 74.7 cm³/mol. The van der Waals surface area contributed by atoms with Gasteiger partial charge < -0.3 is 19.3 Å². The third-order valence-corrected chi connectivity index (χ3v) is 3.66. The first-order valence-corrected chi connectivity index (χ1v) is 6.67. The zero-order chi connectivity index (χ0) is 14.1. The van der Waals surface area contributed by atoms with Gasteiger partial charge in [0, 0.05) is 24.3 Å². The van der Waals surface area contributed by atoms with E-state index in [0.717, 1.165) is 30.2 Å². The van der Waals surface area contributed by atoms with Crippen molar-refractivity contribution in [3.05, 3.63) is 35.9 Å². The summed E-state index contributed by atoms with van der Waals surface area (Å²) >= 11 is 0. The van der Waals surface area contributed by atoms with Crippen LogP contribution < -0.4 is 9.64 Å². The van der Waals surface area contributed by atoms with Gasteiger partial charge >= 0.3 is 0 Å². The van der Waals surface area contributed by atoms with Crippen molar-refractivity contribution in [1.82, 2.24) is 14.8 Å². The zero-order valence-corrected chi connectivity index (χ0v) is 11.7. The molecule has 0 bridgehead atoms. The van der Waals surface area contributed by atoms with Gasteiger partial charge in [0.15, 0.2) is 5.82 Å². The van der Waals surface area contributed by atoms with Gasteiger partial charge in [-0.05, 0) is 19.1 Å². The number of nitrogens with zero attached hydrogens (tertiary/aromatic N) is 4. The topological polar surface area (TPSA) is 63.4 Å². The minimum absolute atomic E-state index is 0.582. The number of hydrogen-bond acceptors (Lipinski definition) is 5. The molecule has 0 radical (unpaired) electrons. The van der Waals surface area contributed by atoms with Crippen LogP contribution in [0.3, 0.4) is 0 Å². The molecule has 6 nitrogen and oxygen atoms in total. The van der Waals surface area contributed by atoms with E-state index in [1.807, 2.05) is 18.2 Å². The van der Waals surface area contributed by atoms with E-state index in [9.17, 15) is 5.11 Å². The van der Waals surface area contributed by atoms with Crippen LogP contribution in [-0.4, -0.2) is 33.5 Å². The monoisotopic (exact) mass is 274 g/mol. The number of anilines is 1. The Morgan fingerprint density at radius 1 is 1.35 bits per heavy atom. The summed E-state index contributed by atoms with van der Waals surface area (Å²) in [5.74, 6) is 1.65. The van der Waals surface area contributed by atoms with Crippen molar-refractivity contribution in [2.75, 3.05) is 18.6 Å².